The number of nitrogens with zero attached hydrogens (tertiary/aromatic N) is 3. The molecule has 11 heteroatoms. The molecule has 4 rings (SSSR count). The van der Waals surface area contributed by atoms with Gasteiger partial charge in [-0.3, -0.25) is 0 Å². The lowest BCUT2D eigenvalue weighted by Gasteiger charge is -2.08. The molecule has 0 unspecified atom stereocenters. The Labute approximate surface area is 190 Å². The second-order valence-corrected chi connectivity index (χ2v) is 8.06. The maximum atomic E-state index is 12.3. The Hall–Kier alpha value is -3.18. The van der Waals surface area contributed by atoms with Crippen LogP contribution in [0.15, 0.2) is 57.5 Å². The molecule has 0 N–H and O–H groups in total. The first-order valence-corrected chi connectivity index (χ1v) is 11.1. The van der Waals surface area contributed by atoms with Gasteiger partial charge in [-0.05, 0) is 36.4 Å². The fourth-order valence-electron chi connectivity index (χ4n) is 2.77. The van der Waals surface area contributed by atoms with Crippen LogP contribution in [-0.2, 0) is 5.75 Å². The summed E-state index contributed by atoms with van der Waals surface area (Å²) in [6.07, 6.45) is 0. The minimum absolute atomic E-state index is 0.0608. The molecule has 0 saturated heterocycles. The average Bonchev–Trinajstić information content (AvgIpc) is 3.47. The summed E-state index contributed by atoms with van der Waals surface area (Å²) in [6.45, 7) is -2.87. The smallest absolute Gasteiger partial charge is 0.387 e. The molecular weight excluding hydrogens is 460 g/mol. The van der Waals surface area contributed by atoms with Gasteiger partial charge in [-0.25, -0.2) is 4.98 Å². The number of halogens is 2. The van der Waals surface area contributed by atoms with Crippen LogP contribution in [0.4, 0.5) is 8.78 Å². The predicted molar refractivity (Wildman–Crippen MR) is 117 cm³/mol. The molecule has 0 aliphatic carbocycles. The van der Waals surface area contributed by atoms with Gasteiger partial charge in [0.2, 0.25) is 5.89 Å². The van der Waals surface area contributed by atoms with Crippen LogP contribution in [-0.4, -0.2) is 36.0 Å². The van der Waals surface area contributed by atoms with Crippen LogP contribution < -0.4 is 14.2 Å². The van der Waals surface area contributed by atoms with Crippen molar-refractivity contribution in [1.82, 2.24) is 15.2 Å². The van der Waals surface area contributed by atoms with E-state index < -0.39 is 6.61 Å². The highest BCUT2D eigenvalue weighted by molar-refractivity contribution is 7.98. The standard InChI is InChI=1S/C21H17F2N3O4S2/c1-27-15-7-8-16(17(9-15)28-2)19-24-13(10-31-19)11-32-21-26-25-18(30-21)12-3-5-14(6-4-12)29-20(22)23/h3-10,20H,11H2,1-2H3. The van der Waals surface area contributed by atoms with Crippen molar-refractivity contribution in [2.45, 2.75) is 17.6 Å². The third-order valence-corrected chi connectivity index (χ3v) is 6.04. The molecule has 2 heterocycles. The molecule has 0 aliphatic rings. The number of hydrogen-bond acceptors (Lipinski definition) is 9. The largest absolute Gasteiger partial charge is 0.497 e. The number of methoxy groups -OCH3 is 2. The Bertz CT molecular complexity index is 1180. The van der Waals surface area contributed by atoms with E-state index in [0.717, 1.165) is 16.3 Å². The highest BCUT2D eigenvalue weighted by Crippen LogP contribution is 2.36. The molecule has 0 spiro atoms. The van der Waals surface area contributed by atoms with Crippen molar-refractivity contribution in [2.24, 2.45) is 0 Å². The topological polar surface area (TPSA) is 79.5 Å². The van der Waals surface area contributed by atoms with Crippen LogP contribution >= 0.6 is 23.1 Å². The van der Waals surface area contributed by atoms with Gasteiger partial charge in [0, 0.05) is 22.8 Å². The lowest BCUT2D eigenvalue weighted by molar-refractivity contribution is -0.0498. The summed E-state index contributed by atoms with van der Waals surface area (Å²) in [4.78, 5) is 4.67. The van der Waals surface area contributed by atoms with Gasteiger partial charge in [0.1, 0.15) is 22.3 Å². The van der Waals surface area contributed by atoms with E-state index >= 15 is 0 Å². The third-order valence-electron chi connectivity index (χ3n) is 4.27. The van der Waals surface area contributed by atoms with E-state index in [0.29, 0.717) is 28.0 Å². The van der Waals surface area contributed by atoms with E-state index in [2.05, 4.69) is 19.9 Å². The number of rotatable bonds is 9. The van der Waals surface area contributed by atoms with Crippen molar-refractivity contribution in [1.29, 1.82) is 0 Å². The summed E-state index contributed by atoms with van der Waals surface area (Å²) >= 11 is 2.87. The Morgan fingerprint density at radius 1 is 1.03 bits per heavy atom. The first kappa shape index (κ1) is 22.0. The van der Waals surface area contributed by atoms with Crippen LogP contribution in [0.5, 0.6) is 17.2 Å². The third kappa shape index (κ3) is 5.17. The second-order valence-electron chi connectivity index (χ2n) is 6.27. The van der Waals surface area contributed by atoms with Crippen molar-refractivity contribution >= 4 is 23.1 Å². The number of thiazole rings is 1. The molecule has 2 aromatic carbocycles. The molecule has 0 radical (unpaired) electrons. The maximum absolute atomic E-state index is 12.3. The molecular formula is C21H17F2N3O4S2. The van der Waals surface area contributed by atoms with Gasteiger partial charge in [-0.15, -0.1) is 21.5 Å². The zero-order chi connectivity index (χ0) is 22.5. The zero-order valence-electron chi connectivity index (χ0n) is 17.0. The molecule has 2 aromatic heterocycles. The SMILES string of the molecule is COc1ccc(-c2nc(CSc3nnc(-c4ccc(OC(F)F)cc4)o3)cs2)c(OC)c1. The first-order valence-electron chi connectivity index (χ1n) is 9.24. The van der Waals surface area contributed by atoms with Gasteiger partial charge in [-0.1, -0.05) is 11.8 Å². The summed E-state index contributed by atoms with van der Waals surface area (Å²) in [7, 11) is 3.21. The minimum atomic E-state index is -2.87. The predicted octanol–water partition coefficient (Wildman–Crippen LogP) is 5.77. The van der Waals surface area contributed by atoms with E-state index in [-0.39, 0.29) is 11.6 Å². The second kappa shape index (κ2) is 9.96. The normalized spacial score (nSPS) is 11.0. The maximum Gasteiger partial charge on any atom is 0.387 e. The first-order chi connectivity index (χ1) is 15.6. The minimum Gasteiger partial charge on any atom is -0.497 e. The molecule has 7 nitrogen and oxygen atoms in total. The van der Waals surface area contributed by atoms with Gasteiger partial charge in [0.15, 0.2) is 0 Å². The van der Waals surface area contributed by atoms with Crippen molar-refractivity contribution in [3.05, 3.63) is 53.5 Å². The summed E-state index contributed by atoms with van der Waals surface area (Å²) < 4.78 is 45.2. The molecule has 166 valence electrons. The molecule has 0 saturated carbocycles. The number of hydrogen-bond donors (Lipinski definition) is 0. The van der Waals surface area contributed by atoms with E-state index in [1.54, 1.807) is 26.4 Å². The molecule has 0 amide bonds. The molecule has 4 aromatic rings. The van der Waals surface area contributed by atoms with Crippen LogP contribution in [0, 0.1) is 0 Å². The quantitative estimate of drug-likeness (QED) is 0.281. The molecule has 0 bridgehead atoms. The van der Waals surface area contributed by atoms with E-state index in [9.17, 15) is 8.78 Å². The summed E-state index contributed by atoms with van der Waals surface area (Å²) in [5.41, 5.74) is 2.35. The van der Waals surface area contributed by atoms with Crippen LogP contribution in [0.25, 0.3) is 22.0 Å². The fourth-order valence-corrected chi connectivity index (χ4v) is 4.38. The highest BCUT2D eigenvalue weighted by Gasteiger charge is 2.14. The van der Waals surface area contributed by atoms with E-state index in [1.165, 1.54) is 35.2 Å². The number of alkyl halides is 2. The van der Waals surface area contributed by atoms with Gasteiger partial charge < -0.3 is 18.6 Å². The van der Waals surface area contributed by atoms with Crippen molar-refractivity contribution in [2.75, 3.05) is 14.2 Å². The number of benzene rings is 2. The summed E-state index contributed by atoms with van der Waals surface area (Å²) in [6, 6.07) is 11.6. The molecule has 0 aliphatic heterocycles. The highest BCUT2D eigenvalue weighted by atomic mass is 32.2. The van der Waals surface area contributed by atoms with Gasteiger partial charge in [-0.2, -0.15) is 8.78 Å². The number of aromatic nitrogens is 3. The monoisotopic (exact) mass is 477 g/mol. The summed E-state index contributed by atoms with van der Waals surface area (Å²) in [5.74, 6) is 2.28. The van der Waals surface area contributed by atoms with Crippen LogP contribution in [0.3, 0.4) is 0 Å². The average molecular weight is 478 g/mol. The molecule has 32 heavy (non-hydrogen) atoms. The lowest BCUT2D eigenvalue weighted by atomic mass is 10.2. The lowest BCUT2D eigenvalue weighted by Crippen LogP contribution is -2.01. The molecule has 0 fully saturated rings. The number of ether oxygens (including phenoxy) is 3. The van der Waals surface area contributed by atoms with E-state index in [1.807, 2.05) is 23.6 Å². The Kier molecular flexibility index (Phi) is 6.86. The van der Waals surface area contributed by atoms with E-state index in [4.69, 9.17) is 13.9 Å². The van der Waals surface area contributed by atoms with Crippen molar-refractivity contribution < 1.29 is 27.4 Å². The zero-order valence-corrected chi connectivity index (χ0v) is 18.6. The Morgan fingerprint density at radius 2 is 1.81 bits per heavy atom. The fraction of sp³-hybridized carbons (Fsp3) is 0.190. The number of thioether (sulfide) groups is 1. The summed E-state index contributed by atoms with van der Waals surface area (Å²) in [5, 5.41) is 11.2. The van der Waals surface area contributed by atoms with Crippen LogP contribution in [0.2, 0.25) is 0 Å². The van der Waals surface area contributed by atoms with Gasteiger partial charge in [0.05, 0.1) is 25.5 Å². The Balaban J connectivity index is 1.40. The van der Waals surface area contributed by atoms with Gasteiger partial charge in [0.25, 0.3) is 5.22 Å². The van der Waals surface area contributed by atoms with Crippen molar-refractivity contribution in [3.8, 4) is 39.3 Å². The van der Waals surface area contributed by atoms with Crippen molar-refractivity contribution in [3.63, 3.8) is 0 Å². The molecule has 0 atom stereocenters. The van der Waals surface area contributed by atoms with Crippen LogP contribution in [0.1, 0.15) is 5.69 Å². The Morgan fingerprint density at radius 3 is 2.53 bits per heavy atom. The van der Waals surface area contributed by atoms with Gasteiger partial charge >= 0.3 is 6.61 Å².